The van der Waals surface area contributed by atoms with Crippen LogP contribution in [0, 0.1) is 11.8 Å². The number of H-pyrrole nitrogens is 1. The molecule has 4 aromatic rings. The Balaban J connectivity index is 1.43. The number of aliphatic hydroxyl groups excluding tert-OH is 2. The van der Waals surface area contributed by atoms with Gasteiger partial charge in [-0.05, 0) is 30.5 Å². The number of hydrogen-bond acceptors (Lipinski definition) is 7. The third-order valence-corrected chi connectivity index (χ3v) is 8.91. The summed E-state index contributed by atoms with van der Waals surface area (Å²) in [5.41, 5.74) is 3.62. The number of anilines is 1. The number of thiophene rings is 1. The van der Waals surface area contributed by atoms with Gasteiger partial charge >= 0.3 is 0 Å². The molecule has 0 spiro atoms. The van der Waals surface area contributed by atoms with Crippen LogP contribution in [0.2, 0.25) is 0 Å². The molecular formula is C25H29N5O3S. The number of nitrogens with one attached hydrogen (secondary N) is 1. The molecule has 0 unspecified atom stereocenters. The molecule has 9 heteroatoms. The van der Waals surface area contributed by atoms with Crippen LogP contribution in [-0.2, 0) is 0 Å². The summed E-state index contributed by atoms with van der Waals surface area (Å²) in [4.78, 5) is 27.9. The highest BCUT2D eigenvalue weighted by molar-refractivity contribution is 7.21. The van der Waals surface area contributed by atoms with Crippen LogP contribution in [0.15, 0.2) is 35.6 Å². The van der Waals surface area contributed by atoms with Crippen LogP contribution in [0.4, 0.5) is 5.00 Å². The molecule has 3 aromatic heterocycles. The van der Waals surface area contributed by atoms with Crippen LogP contribution < -0.4 is 10.5 Å². The predicted molar refractivity (Wildman–Crippen MR) is 134 cm³/mol. The summed E-state index contributed by atoms with van der Waals surface area (Å²) in [6.45, 7) is 1.26. The first-order valence-corrected chi connectivity index (χ1v) is 12.9. The van der Waals surface area contributed by atoms with Gasteiger partial charge in [0.15, 0.2) is 0 Å². The van der Waals surface area contributed by atoms with Gasteiger partial charge in [-0.2, -0.15) is 0 Å². The largest absolute Gasteiger partial charge is 0.396 e. The molecule has 1 saturated heterocycles. The number of aromatic amines is 1. The fourth-order valence-electron chi connectivity index (χ4n) is 5.73. The molecule has 4 heterocycles. The van der Waals surface area contributed by atoms with Crippen molar-refractivity contribution in [3.8, 4) is 10.4 Å². The summed E-state index contributed by atoms with van der Waals surface area (Å²) in [5, 5.41) is 20.9. The van der Waals surface area contributed by atoms with E-state index >= 15 is 0 Å². The van der Waals surface area contributed by atoms with Crippen molar-refractivity contribution in [1.29, 1.82) is 0 Å². The minimum absolute atomic E-state index is 0.0125. The first kappa shape index (κ1) is 21.8. The monoisotopic (exact) mass is 479 g/mol. The molecule has 2 fully saturated rings. The van der Waals surface area contributed by atoms with Crippen LogP contribution in [0.25, 0.3) is 32.4 Å². The lowest BCUT2D eigenvalue weighted by molar-refractivity contribution is 0.152. The maximum atomic E-state index is 12.9. The summed E-state index contributed by atoms with van der Waals surface area (Å²) in [6, 6.07) is 6.87. The van der Waals surface area contributed by atoms with E-state index in [1.807, 2.05) is 6.33 Å². The van der Waals surface area contributed by atoms with Crippen molar-refractivity contribution in [1.82, 2.24) is 19.5 Å². The van der Waals surface area contributed by atoms with E-state index in [4.69, 9.17) is 4.98 Å². The second-order valence-electron chi connectivity index (χ2n) is 9.63. The predicted octanol–water partition coefficient (Wildman–Crippen LogP) is 3.54. The maximum absolute atomic E-state index is 12.9. The SMILES string of the molecule is O=c1[nH]cnc2c(-c3ccc4c(c3)ncn4C3CCCCC3)sc(N3C[C@H](CO)[C@@H](CO)C3)c12. The molecule has 0 amide bonds. The Hall–Kier alpha value is -2.75. The smallest absolute Gasteiger partial charge is 0.261 e. The Morgan fingerprint density at radius 1 is 1.06 bits per heavy atom. The summed E-state index contributed by atoms with van der Waals surface area (Å²) in [5.74, 6) is -0.0251. The molecule has 3 N–H and O–H groups in total. The molecule has 0 bridgehead atoms. The normalized spacial score (nSPS) is 21.8. The second kappa shape index (κ2) is 8.79. The molecule has 1 aromatic carbocycles. The number of nitrogens with zero attached hydrogens (tertiary/aromatic N) is 4. The van der Waals surface area contributed by atoms with Crippen LogP contribution in [0.3, 0.4) is 0 Å². The lowest BCUT2D eigenvalue weighted by Gasteiger charge is -2.23. The van der Waals surface area contributed by atoms with E-state index in [0.717, 1.165) is 26.5 Å². The van der Waals surface area contributed by atoms with Gasteiger partial charge in [0.2, 0.25) is 0 Å². The molecule has 8 nitrogen and oxygen atoms in total. The van der Waals surface area contributed by atoms with Gasteiger partial charge in [0, 0.05) is 44.2 Å². The van der Waals surface area contributed by atoms with Gasteiger partial charge in [-0.15, -0.1) is 11.3 Å². The van der Waals surface area contributed by atoms with E-state index in [0.29, 0.717) is 30.0 Å². The highest BCUT2D eigenvalue weighted by atomic mass is 32.1. The molecule has 6 rings (SSSR count). The molecule has 2 atom stereocenters. The second-order valence-corrected chi connectivity index (χ2v) is 10.6. The highest BCUT2D eigenvalue weighted by Gasteiger charge is 2.34. The van der Waals surface area contributed by atoms with Gasteiger partial charge in [0.05, 0.1) is 34.1 Å². The van der Waals surface area contributed by atoms with Gasteiger partial charge in [0.25, 0.3) is 5.56 Å². The van der Waals surface area contributed by atoms with Crippen molar-refractivity contribution in [2.24, 2.45) is 11.8 Å². The van der Waals surface area contributed by atoms with E-state index in [2.05, 4.69) is 37.6 Å². The standard InChI is InChI=1S/C25H29N5O3S/c31-11-16-9-29(10-17(16)12-32)25-21-22(26-13-27-24(21)33)23(34-25)15-6-7-20-19(8-15)28-14-30(20)18-4-2-1-3-5-18/h6-8,13-14,16-18,31-32H,1-5,9-12H2,(H,26,27,33)/t16-,17-/m1/s1. The third kappa shape index (κ3) is 3.54. The van der Waals surface area contributed by atoms with E-state index in [9.17, 15) is 15.0 Å². The number of hydrogen-bond donors (Lipinski definition) is 3. The fraction of sp³-hybridized carbons (Fsp3) is 0.480. The Labute approximate surface area is 200 Å². The molecule has 1 aliphatic heterocycles. The molecule has 1 aliphatic carbocycles. The highest BCUT2D eigenvalue weighted by Crippen LogP contribution is 2.44. The average Bonchev–Trinajstić information content (AvgIpc) is 3.59. The van der Waals surface area contributed by atoms with E-state index in [1.165, 1.54) is 38.4 Å². The van der Waals surface area contributed by atoms with Gasteiger partial charge in [-0.1, -0.05) is 25.3 Å². The maximum Gasteiger partial charge on any atom is 0.261 e. The van der Waals surface area contributed by atoms with Crippen LogP contribution in [-0.4, -0.2) is 56.0 Å². The zero-order valence-corrected chi connectivity index (χ0v) is 19.8. The molecule has 34 heavy (non-hydrogen) atoms. The topological polar surface area (TPSA) is 107 Å². The quantitative estimate of drug-likeness (QED) is 0.404. The number of aromatic nitrogens is 4. The first-order valence-electron chi connectivity index (χ1n) is 12.1. The minimum Gasteiger partial charge on any atom is -0.396 e. The van der Waals surface area contributed by atoms with Crippen molar-refractivity contribution < 1.29 is 10.2 Å². The summed E-state index contributed by atoms with van der Waals surface area (Å²) < 4.78 is 2.33. The summed E-state index contributed by atoms with van der Waals surface area (Å²) in [7, 11) is 0. The molecule has 0 radical (unpaired) electrons. The Kier molecular flexibility index (Phi) is 5.63. The Morgan fingerprint density at radius 3 is 2.56 bits per heavy atom. The van der Waals surface area contributed by atoms with Gasteiger partial charge in [-0.25, -0.2) is 9.97 Å². The van der Waals surface area contributed by atoms with Gasteiger partial charge in [0.1, 0.15) is 10.4 Å². The zero-order valence-electron chi connectivity index (χ0n) is 19.0. The van der Waals surface area contributed by atoms with Crippen LogP contribution in [0.5, 0.6) is 0 Å². The van der Waals surface area contributed by atoms with Gasteiger partial charge in [-0.3, -0.25) is 4.79 Å². The van der Waals surface area contributed by atoms with Crippen molar-refractivity contribution in [3.63, 3.8) is 0 Å². The number of imidazole rings is 1. The summed E-state index contributed by atoms with van der Waals surface area (Å²) in [6.07, 6.45) is 9.71. The summed E-state index contributed by atoms with van der Waals surface area (Å²) >= 11 is 1.55. The Morgan fingerprint density at radius 2 is 1.82 bits per heavy atom. The third-order valence-electron chi connectivity index (χ3n) is 7.62. The van der Waals surface area contributed by atoms with Gasteiger partial charge < -0.3 is 24.7 Å². The number of rotatable bonds is 5. The average molecular weight is 480 g/mol. The minimum atomic E-state index is -0.168. The van der Waals surface area contributed by atoms with Crippen LogP contribution >= 0.6 is 11.3 Å². The number of fused-ring (bicyclic) bond motifs is 2. The van der Waals surface area contributed by atoms with Crippen molar-refractivity contribution in [3.05, 3.63) is 41.2 Å². The lowest BCUT2D eigenvalue weighted by Crippen LogP contribution is -2.21. The molecule has 178 valence electrons. The van der Waals surface area contributed by atoms with E-state index < -0.39 is 0 Å². The fourth-order valence-corrected chi connectivity index (χ4v) is 6.99. The van der Waals surface area contributed by atoms with E-state index in [1.54, 1.807) is 11.3 Å². The van der Waals surface area contributed by atoms with Crippen molar-refractivity contribution in [2.75, 3.05) is 31.2 Å². The molecule has 2 aliphatic rings. The molecular weight excluding hydrogens is 450 g/mol. The Bertz CT molecular complexity index is 1370. The number of aliphatic hydroxyl groups is 2. The molecule has 1 saturated carbocycles. The van der Waals surface area contributed by atoms with E-state index in [-0.39, 0.29) is 30.6 Å². The number of benzene rings is 1. The van der Waals surface area contributed by atoms with Crippen LogP contribution in [0.1, 0.15) is 38.1 Å². The first-order chi connectivity index (χ1) is 16.7. The zero-order chi connectivity index (χ0) is 23.2. The van der Waals surface area contributed by atoms with Crippen molar-refractivity contribution in [2.45, 2.75) is 38.1 Å². The van der Waals surface area contributed by atoms with Crippen molar-refractivity contribution >= 4 is 38.3 Å². The lowest BCUT2D eigenvalue weighted by atomic mass is 9.95.